The quantitative estimate of drug-likeness (QED) is 0.877. The largest absolute Gasteiger partial charge is 0.464 e. The van der Waals surface area contributed by atoms with Crippen molar-refractivity contribution in [3.8, 4) is 11.4 Å². The molecule has 2 saturated heterocycles. The number of aromatic nitrogens is 3. The van der Waals surface area contributed by atoms with Crippen molar-refractivity contribution in [3.05, 3.63) is 36.2 Å². The molecule has 0 amide bonds. The maximum atomic E-state index is 11.7. The average Bonchev–Trinajstić information content (AvgIpc) is 3.25. The summed E-state index contributed by atoms with van der Waals surface area (Å²) in [5, 5.41) is 7.44. The number of nitrogens with one attached hydrogen (secondary N) is 1. The van der Waals surface area contributed by atoms with Crippen molar-refractivity contribution in [2.24, 2.45) is 0 Å². The van der Waals surface area contributed by atoms with Crippen LogP contribution in [0, 0.1) is 0 Å². The second-order valence-corrected chi connectivity index (χ2v) is 6.19. The maximum absolute atomic E-state index is 11.7. The van der Waals surface area contributed by atoms with Crippen LogP contribution in [0.4, 0.5) is 0 Å². The molecule has 6 heteroatoms. The van der Waals surface area contributed by atoms with Crippen molar-refractivity contribution in [3.63, 3.8) is 0 Å². The van der Waals surface area contributed by atoms with E-state index < -0.39 is 0 Å². The van der Waals surface area contributed by atoms with Gasteiger partial charge in [-0.15, -0.1) is 0 Å². The Hall–Kier alpha value is -2.21. The molecule has 1 atom stereocenters. The van der Waals surface area contributed by atoms with Crippen LogP contribution in [0.25, 0.3) is 11.4 Å². The average molecular weight is 312 g/mol. The number of nitrogens with zero attached hydrogens (tertiary/aromatic N) is 3. The molecule has 2 aromatic rings. The zero-order valence-electron chi connectivity index (χ0n) is 12.9. The summed E-state index contributed by atoms with van der Waals surface area (Å²) >= 11 is 0. The predicted octanol–water partition coefficient (Wildman–Crippen LogP) is 1.97. The Morgan fingerprint density at radius 3 is 2.61 bits per heavy atom. The first-order valence-electron chi connectivity index (χ1n) is 8.19. The molecule has 3 heterocycles. The molecule has 120 valence electrons. The monoisotopic (exact) mass is 312 g/mol. The van der Waals surface area contributed by atoms with E-state index in [1.165, 1.54) is 0 Å². The fourth-order valence-corrected chi connectivity index (χ4v) is 3.47. The van der Waals surface area contributed by atoms with E-state index in [4.69, 9.17) is 4.74 Å². The van der Waals surface area contributed by atoms with Crippen molar-refractivity contribution in [2.75, 3.05) is 19.7 Å². The van der Waals surface area contributed by atoms with Gasteiger partial charge in [0, 0.05) is 17.9 Å². The lowest BCUT2D eigenvalue weighted by Crippen LogP contribution is -2.43. The molecule has 0 unspecified atom stereocenters. The smallest absolute Gasteiger partial charge is 0.323 e. The molecule has 0 aliphatic carbocycles. The summed E-state index contributed by atoms with van der Waals surface area (Å²) in [4.78, 5) is 18.6. The van der Waals surface area contributed by atoms with Crippen molar-refractivity contribution < 1.29 is 9.53 Å². The molecule has 1 aromatic carbocycles. The molecule has 23 heavy (non-hydrogen) atoms. The standard InChI is InChI=1S/C17H20N4O2/c22-17-14(8-11-23-17)21-9-6-13(7-10-21)16-18-15(19-20-16)12-4-2-1-3-5-12/h1-5,13-14H,6-11H2,(H,18,19,20)/t14-/m0/s1. The van der Waals surface area contributed by atoms with Crippen LogP contribution in [-0.4, -0.2) is 51.8 Å². The minimum Gasteiger partial charge on any atom is -0.464 e. The van der Waals surface area contributed by atoms with Crippen molar-refractivity contribution >= 4 is 5.97 Å². The Labute approximate surface area is 134 Å². The molecule has 2 fully saturated rings. The summed E-state index contributed by atoms with van der Waals surface area (Å²) in [6, 6.07) is 9.96. The van der Waals surface area contributed by atoms with Crippen LogP contribution in [0.2, 0.25) is 0 Å². The second kappa shape index (κ2) is 6.12. The van der Waals surface area contributed by atoms with Crippen LogP contribution in [0.15, 0.2) is 30.3 Å². The normalized spacial score (nSPS) is 23.1. The van der Waals surface area contributed by atoms with Crippen LogP contribution >= 0.6 is 0 Å². The van der Waals surface area contributed by atoms with Gasteiger partial charge in [-0.1, -0.05) is 30.3 Å². The molecule has 1 aromatic heterocycles. The number of cyclic esters (lactones) is 1. The van der Waals surface area contributed by atoms with Crippen LogP contribution < -0.4 is 0 Å². The Bertz CT molecular complexity index is 677. The number of ether oxygens (including phenoxy) is 1. The molecular weight excluding hydrogens is 292 g/mol. The molecule has 0 bridgehead atoms. The summed E-state index contributed by atoms with van der Waals surface area (Å²) < 4.78 is 5.07. The lowest BCUT2D eigenvalue weighted by Gasteiger charge is -2.33. The van der Waals surface area contributed by atoms with Crippen LogP contribution in [0.5, 0.6) is 0 Å². The van der Waals surface area contributed by atoms with Crippen molar-refractivity contribution in [2.45, 2.75) is 31.2 Å². The summed E-state index contributed by atoms with van der Waals surface area (Å²) in [5.41, 5.74) is 1.03. The summed E-state index contributed by atoms with van der Waals surface area (Å²) in [6.07, 6.45) is 2.81. The van der Waals surface area contributed by atoms with Crippen LogP contribution in [0.1, 0.15) is 31.0 Å². The summed E-state index contributed by atoms with van der Waals surface area (Å²) in [7, 11) is 0. The summed E-state index contributed by atoms with van der Waals surface area (Å²) in [6.45, 7) is 2.38. The molecule has 6 nitrogen and oxygen atoms in total. The number of rotatable bonds is 3. The van der Waals surface area contributed by atoms with E-state index in [1.807, 2.05) is 30.3 Å². The highest BCUT2D eigenvalue weighted by atomic mass is 16.5. The van der Waals surface area contributed by atoms with Gasteiger partial charge in [-0.3, -0.25) is 14.8 Å². The summed E-state index contributed by atoms with van der Waals surface area (Å²) in [5.74, 6) is 2.03. The van der Waals surface area contributed by atoms with Gasteiger partial charge in [0.25, 0.3) is 0 Å². The number of carbonyl (C=O) groups is 1. The number of hydrogen-bond donors (Lipinski definition) is 1. The number of H-pyrrole nitrogens is 1. The minimum absolute atomic E-state index is 0.0365. The molecule has 4 rings (SSSR count). The first-order chi connectivity index (χ1) is 11.3. The minimum atomic E-state index is -0.0607. The fraction of sp³-hybridized carbons (Fsp3) is 0.471. The van der Waals surface area contributed by atoms with Crippen molar-refractivity contribution in [1.82, 2.24) is 20.1 Å². The first-order valence-corrected chi connectivity index (χ1v) is 8.19. The number of piperidine rings is 1. The van der Waals surface area contributed by atoms with E-state index in [-0.39, 0.29) is 12.0 Å². The fourth-order valence-electron chi connectivity index (χ4n) is 3.47. The molecule has 0 spiro atoms. The van der Waals surface area contributed by atoms with E-state index in [2.05, 4.69) is 20.1 Å². The molecule has 2 aliphatic rings. The van der Waals surface area contributed by atoms with Gasteiger partial charge in [0.05, 0.1) is 6.61 Å². The van der Waals surface area contributed by atoms with Gasteiger partial charge in [0.15, 0.2) is 5.82 Å². The highest BCUT2D eigenvalue weighted by Gasteiger charge is 2.35. The van der Waals surface area contributed by atoms with E-state index >= 15 is 0 Å². The van der Waals surface area contributed by atoms with Gasteiger partial charge in [-0.05, 0) is 25.9 Å². The van der Waals surface area contributed by atoms with Gasteiger partial charge in [0.2, 0.25) is 0 Å². The predicted molar refractivity (Wildman–Crippen MR) is 84.7 cm³/mol. The number of aromatic amines is 1. The number of hydrogen-bond acceptors (Lipinski definition) is 5. The Kier molecular flexibility index (Phi) is 3.83. The second-order valence-electron chi connectivity index (χ2n) is 6.19. The topological polar surface area (TPSA) is 71.1 Å². The molecule has 1 N–H and O–H groups in total. The third kappa shape index (κ3) is 2.86. The molecule has 0 saturated carbocycles. The van der Waals surface area contributed by atoms with Crippen LogP contribution in [0.3, 0.4) is 0 Å². The van der Waals surface area contributed by atoms with Gasteiger partial charge in [-0.25, -0.2) is 4.98 Å². The van der Waals surface area contributed by atoms with Gasteiger partial charge >= 0.3 is 5.97 Å². The molecule has 0 radical (unpaired) electrons. The Morgan fingerprint density at radius 1 is 1.13 bits per heavy atom. The number of benzene rings is 1. The van der Waals surface area contributed by atoms with Gasteiger partial charge in [0.1, 0.15) is 11.9 Å². The zero-order valence-corrected chi connectivity index (χ0v) is 12.9. The van der Waals surface area contributed by atoms with E-state index in [9.17, 15) is 4.79 Å². The first kappa shape index (κ1) is 14.4. The number of carbonyl (C=O) groups excluding carboxylic acids is 1. The number of esters is 1. The van der Waals surface area contributed by atoms with E-state index in [0.717, 1.165) is 49.6 Å². The SMILES string of the molecule is O=C1OCC[C@@H]1N1CCC(c2nc(-c3ccccc3)n[nH]2)CC1. The van der Waals surface area contributed by atoms with Gasteiger partial charge < -0.3 is 4.74 Å². The maximum Gasteiger partial charge on any atom is 0.323 e. The Morgan fingerprint density at radius 2 is 1.91 bits per heavy atom. The third-order valence-corrected chi connectivity index (χ3v) is 4.80. The molecular formula is C17H20N4O2. The third-order valence-electron chi connectivity index (χ3n) is 4.80. The zero-order chi connectivity index (χ0) is 15.6. The van der Waals surface area contributed by atoms with E-state index in [0.29, 0.717) is 12.5 Å². The number of likely N-dealkylation sites (tertiary alicyclic amines) is 1. The lowest BCUT2D eigenvalue weighted by molar-refractivity contribution is -0.142. The molecule has 2 aliphatic heterocycles. The lowest BCUT2D eigenvalue weighted by atomic mass is 9.95. The van der Waals surface area contributed by atoms with Crippen LogP contribution in [-0.2, 0) is 9.53 Å². The van der Waals surface area contributed by atoms with Gasteiger partial charge in [-0.2, -0.15) is 5.10 Å². The highest BCUT2D eigenvalue weighted by Crippen LogP contribution is 2.29. The van der Waals surface area contributed by atoms with E-state index in [1.54, 1.807) is 0 Å². The highest BCUT2D eigenvalue weighted by molar-refractivity contribution is 5.77. The van der Waals surface area contributed by atoms with Crippen molar-refractivity contribution in [1.29, 1.82) is 0 Å². The Balaban J connectivity index is 1.41.